The van der Waals surface area contributed by atoms with Crippen LogP contribution < -0.4 is 0 Å². The second-order valence-electron chi connectivity index (χ2n) is 4.06. The van der Waals surface area contributed by atoms with Crippen molar-refractivity contribution in [2.45, 2.75) is 18.2 Å². The Morgan fingerprint density at radius 2 is 1.89 bits per heavy atom. The molecule has 0 unspecified atom stereocenters. The maximum Gasteiger partial charge on any atom is 0.307 e. The van der Waals surface area contributed by atoms with Gasteiger partial charge >= 0.3 is 5.97 Å². The van der Waals surface area contributed by atoms with Gasteiger partial charge in [0.1, 0.15) is 6.61 Å². The van der Waals surface area contributed by atoms with Gasteiger partial charge in [-0.25, -0.2) is 8.42 Å². The number of aryl methyl sites for hydroxylation is 1. The van der Waals surface area contributed by atoms with E-state index in [2.05, 4.69) is 6.58 Å². The summed E-state index contributed by atoms with van der Waals surface area (Å²) in [6.07, 6.45) is -0.208. The Hall–Kier alpha value is -1.33. The van der Waals surface area contributed by atoms with Crippen LogP contribution in [0.4, 0.5) is 0 Å². The second-order valence-corrected chi connectivity index (χ2v) is 6.70. The van der Waals surface area contributed by atoms with Gasteiger partial charge in [0.15, 0.2) is 9.84 Å². The van der Waals surface area contributed by atoms with Gasteiger partial charge in [-0.2, -0.15) is 0 Å². The highest BCUT2D eigenvalue weighted by molar-refractivity contribution is 7.91. The summed E-state index contributed by atoms with van der Waals surface area (Å²) < 4.78 is 28.6. The van der Waals surface area contributed by atoms with E-state index in [9.17, 15) is 13.2 Å². The predicted molar refractivity (Wildman–Crippen MR) is 73.8 cm³/mol. The van der Waals surface area contributed by atoms with Crippen molar-refractivity contribution in [3.63, 3.8) is 0 Å². The molecule has 1 rings (SSSR count). The molecule has 6 heteroatoms. The van der Waals surface area contributed by atoms with Crippen LogP contribution in [0.2, 0.25) is 0 Å². The Labute approximate surface area is 118 Å². The molecule has 4 nitrogen and oxygen atoms in total. The highest BCUT2D eigenvalue weighted by Gasteiger charge is 2.16. The molecular formula is C13H15ClO4S. The van der Waals surface area contributed by atoms with Crippen molar-refractivity contribution in [2.75, 3.05) is 12.4 Å². The Bertz CT molecular complexity index is 561. The van der Waals surface area contributed by atoms with E-state index in [1.54, 1.807) is 12.1 Å². The van der Waals surface area contributed by atoms with Crippen LogP contribution in [0.15, 0.2) is 40.8 Å². The van der Waals surface area contributed by atoms with E-state index in [1.165, 1.54) is 12.1 Å². The van der Waals surface area contributed by atoms with Crippen LogP contribution in [0, 0.1) is 6.92 Å². The van der Waals surface area contributed by atoms with Crippen LogP contribution in [-0.2, 0) is 19.4 Å². The van der Waals surface area contributed by atoms with Gasteiger partial charge in [-0.1, -0.05) is 35.9 Å². The molecule has 1 aromatic carbocycles. The standard InChI is InChI=1S/C13H15ClO4S/c1-10-3-5-12(6-4-10)19(16,17)8-7-13(15)18-9-11(2)14/h3-6H,2,7-9H2,1H3. The van der Waals surface area contributed by atoms with Gasteiger partial charge in [0, 0.05) is 5.03 Å². The lowest BCUT2D eigenvalue weighted by Crippen LogP contribution is -2.14. The molecule has 0 aromatic heterocycles. The lowest BCUT2D eigenvalue weighted by molar-refractivity contribution is -0.142. The SMILES string of the molecule is C=C(Cl)COC(=O)CCS(=O)(=O)c1ccc(C)cc1. The van der Waals surface area contributed by atoms with Crippen molar-refractivity contribution in [2.24, 2.45) is 0 Å². The first-order valence-corrected chi connectivity index (χ1v) is 7.62. The van der Waals surface area contributed by atoms with E-state index in [1.807, 2.05) is 6.92 Å². The highest BCUT2D eigenvalue weighted by atomic mass is 35.5. The van der Waals surface area contributed by atoms with E-state index < -0.39 is 15.8 Å². The second kappa shape index (κ2) is 6.73. The number of rotatable bonds is 6. The maximum atomic E-state index is 11.9. The number of hydrogen-bond acceptors (Lipinski definition) is 4. The van der Waals surface area contributed by atoms with Crippen LogP contribution in [0.25, 0.3) is 0 Å². The average molecular weight is 303 g/mol. The summed E-state index contributed by atoms with van der Waals surface area (Å²) in [6.45, 7) is 5.12. The first kappa shape index (κ1) is 15.7. The first-order valence-electron chi connectivity index (χ1n) is 5.59. The summed E-state index contributed by atoms with van der Waals surface area (Å²) in [4.78, 5) is 11.5. The van der Waals surface area contributed by atoms with Crippen molar-refractivity contribution in [3.8, 4) is 0 Å². The fraction of sp³-hybridized carbons (Fsp3) is 0.308. The van der Waals surface area contributed by atoms with Gasteiger partial charge in [0.2, 0.25) is 0 Å². The van der Waals surface area contributed by atoms with Crippen LogP contribution in [0.5, 0.6) is 0 Å². The number of esters is 1. The molecular weight excluding hydrogens is 288 g/mol. The number of halogens is 1. The van der Waals surface area contributed by atoms with Crippen LogP contribution >= 0.6 is 11.6 Å². The zero-order valence-electron chi connectivity index (χ0n) is 10.6. The molecule has 0 N–H and O–H groups in total. The minimum atomic E-state index is -3.47. The van der Waals surface area contributed by atoms with Crippen molar-refractivity contribution < 1.29 is 17.9 Å². The van der Waals surface area contributed by atoms with Gasteiger partial charge in [-0.3, -0.25) is 4.79 Å². The molecule has 0 heterocycles. The summed E-state index contributed by atoms with van der Waals surface area (Å²) in [7, 11) is -3.47. The monoisotopic (exact) mass is 302 g/mol. The van der Waals surface area contributed by atoms with E-state index in [0.29, 0.717) is 0 Å². The fourth-order valence-corrected chi connectivity index (χ4v) is 2.59. The zero-order valence-corrected chi connectivity index (χ0v) is 12.1. The number of sulfone groups is 1. The summed E-state index contributed by atoms with van der Waals surface area (Å²) in [5.41, 5.74) is 0.971. The van der Waals surface area contributed by atoms with Gasteiger partial charge in [-0.05, 0) is 19.1 Å². The molecule has 19 heavy (non-hydrogen) atoms. The maximum absolute atomic E-state index is 11.9. The van der Waals surface area contributed by atoms with Gasteiger partial charge < -0.3 is 4.74 Å². The van der Waals surface area contributed by atoms with Crippen molar-refractivity contribution in [1.29, 1.82) is 0 Å². The number of ether oxygens (including phenoxy) is 1. The molecule has 0 bridgehead atoms. The largest absolute Gasteiger partial charge is 0.460 e. The van der Waals surface area contributed by atoms with Crippen LogP contribution in [-0.4, -0.2) is 26.7 Å². The summed E-state index contributed by atoms with van der Waals surface area (Å²) in [5, 5.41) is 0.190. The summed E-state index contributed by atoms with van der Waals surface area (Å²) in [6, 6.07) is 6.47. The zero-order chi connectivity index (χ0) is 14.5. The molecule has 0 aliphatic carbocycles. The Morgan fingerprint density at radius 1 is 1.32 bits per heavy atom. The minimum Gasteiger partial charge on any atom is -0.460 e. The van der Waals surface area contributed by atoms with Crippen molar-refractivity contribution in [1.82, 2.24) is 0 Å². The van der Waals surface area contributed by atoms with Crippen molar-refractivity contribution in [3.05, 3.63) is 41.4 Å². The summed E-state index contributed by atoms with van der Waals surface area (Å²) >= 11 is 5.43. The Morgan fingerprint density at radius 3 is 2.42 bits per heavy atom. The lowest BCUT2D eigenvalue weighted by Gasteiger charge is -2.05. The van der Waals surface area contributed by atoms with Gasteiger partial charge in [0.25, 0.3) is 0 Å². The third-order valence-electron chi connectivity index (χ3n) is 2.34. The molecule has 0 radical (unpaired) electrons. The van der Waals surface area contributed by atoms with E-state index in [0.717, 1.165) is 5.56 Å². The smallest absolute Gasteiger partial charge is 0.307 e. The molecule has 0 amide bonds. The van der Waals surface area contributed by atoms with E-state index >= 15 is 0 Å². The van der Waals surface area contributed by atoms with Crippen LogP contribution in [0.1, 0.15) is 12.0 Å². The quantitative estimate of drug-likeness (QED) is 0.757. The third-order valence-corrected chi connectivity index (χ3v) is 4.19. The molecule has 0 aliphatic heterocycles. The molecule has 0 atom stereocenters. The molecule has 0 aliphatic rings. The van der Waals surface area contributed by atoms with E-state index in [-0.39, 0.29) is 28.7 Å². The fourth-order valence-electron chi connectivity index (χ4n) is 1.31. The number of carbonyl (C=O) groups is 1. The average Bonchev–Trinajstić information content (AvgIpc) is 2.34. The Balaban J connectivity index is 2.58. The lowest BCUT2D eigenvalue weighted by atomic mass is 10.2. The van der Waals surface area contributed by atoms with Gasteiger partial charge in [0.05, 0.1) is 17.1 Å². The van der Waals surface area contributed by atoms with Gasteiger partial charge in [-0.15, -0.1) is 0 Å². The molecule has 104 valence electrons. The summed E-state index contributed by atoms with van der Waals surface area (Å²) in [5.74, 6) is -0.901. The molecule has 0 saturated heterocycles. The normalized spacial score (nSPS) is 11.1. The molecule has 0 saturated carbocycles. The topological polar surface area (TPSA) is 60.4 Å². The van der Waals surface area contributed by atoms with E-state index in [4.69, 9.17) is 16.3 Å². The first-order chi connectivity index (χ1) is 8.81. The molecule has 1 aromatic rings. The highest BCUT2D eigenvalue weighted by Crippen LogP contribution is 2.13. The van der Waals surface area contributed by atoms with Crippen molar-refractivity contribution >= 4 is 27.4 Å². The predicted octanol–water partition coefficient (Wildman–Crippen LogP) is 2.45. The number of benzene rings is 1. The molecule has 0 fully saturated rings. The number of hydrogen-bond donors (Lipinski definition) is 0. The Kier molecular flexibility index (Phi) is 5.57. The molecule has 0 spiro atoms. The third kappa shape index (κ3) is 5.44. The van der Waals surface area contributed by atoms with Crippen LogP contribution in [0.3, 0.4) is 0 Å². The number of carbonyl (C=O) groups excluding carboxylic acids is 1. The minimum absolute atomic E-state index is 0.106.